The minimum absolute atomic E-state index is 1.11. The zero-order chi connectivity index (χ0) is 10.6. The van der Waals surface area contributed by atoms with Crippen LogP contribution in [0, 0.1) is 0 Å². The van der Waals surface area contributed by atoms with E-state index in [9.17, 15) is 0 Å². The third-order valence-corrected chi connectivity index (χ3v) is 2.27. The molecule has 0 amide bonds. The number of hydrogen-bond donors (Lipinski definition) is 0. The third-order valence-electron chi connectivity index (χ3n) is 1.86. The standard InChI is InChI=1S/C9H9N2P.C2H6/c1-2-7-3-4-8-6-10-11(12)9(8)5-7;1-2/h2-6H,1,12H2;1-2H3. The first-order valence-corrected chi connectivity index (χ1v) is 5.18. The molecule has 2 rings (SSSR count). The number of nitrogens with zero attached hydrogens (tertiary/aromatic N) is 2. The van der Waals surface area contributed by atoms with Gasteiger partial charge in [-0.3, -0.25) is 4.45 Å². The van der Waals surface area contributed by atoms with E-state index in [1.165, 1.54) is 0 Å². The number of rotatable bonds is 1. The zero-order valence-electron chi connectivity index (χ0n) is 8.57. The fourth-order valence-electron chi connectivity index (χ4n) is 1.18. The van der Waals surface area contributed by atoms with E-state index in [2.05, 4.69) is 27.1 Å². The lowest BCUT2D eigenvalue weighted by Crippen LogP contribution is -1.80. The predicted octanol–water partition coefficient (Wildman–Crippen LogP) is 3.34. The molecule has 0 saturated carbocycles. The van der Waals surface area contributed by atoms with Crippen molar-refractivity contribution in [2.45, 2.75) is 13.8 Å². The number of aromatic nitrogens is 2. The fraction of sp³-hybridized carbons (Fsp3) is 0.182. The van der Waals surface area contributed by atoms with E-state index in [4.69, 9.17) is 0 Å². The molecule has 1 aromatic carbocycles. The van der Waals surface area contributed by atoms with E-state index in [1.807, 2.05) is 38.3 Å². The second-order valence-electron chi connectivity index (χ2n) is 2.61. The maximum absolute atomic E-state index is 4.12. The summed E-state index contributed by atoms with van der Waals surface area (Å²) in [6.45, 7) is 7.72. The Balaban J connectivity index is 0.000000461. The Kier molecular flexibility index (Phi) is 3.84. The average molecular weight is 206 g/mol. The summed E-state index contributed by atoms with van der Waals surface area (Å²) < 4.78 is 1.78. The van der Waals surface area contributed by atoms with Crippen LogP contribution in [0.25, 0.3) is 17.0 Å². The molecular formula is C11H15N2P. The van der Waals surface area contributed by atoms with Crippen LogP contribution in [0.3, 0.4) is 0 Å². The van der Waals surface area contributed by atoms with Crippen LogP contribution in [0.15, 0.2) is 31.0 Å². The molecule has 0 fully saturated rings. The molecular weight excluding hydrogens is 191 g/mol. The molecule has 3 heteroatoms. The Morgan fingerprint density at radius 1 is 1.43 bits per heavy atom. The van der Waals surface area contributed by atoms with Gasteiger partial charge in [-0.1, -0.05) is 38.6 Å². The summed E-state index contributed by atoms with van der Waals surface area (Å²) in [4.78, 5) is 0. The van der Waals surface area contributed by atoms with Crippen molar-refractivity contribution in [3.05, 3.63) is 36.5 Å². The second kappa shape index (κ2) is 4.92. The van der Waals surface area contributed by atoms with Crippen molar-refractivity contribution in [3.63, 3.8) is 0 Å². The zero-order valence-corrected chi connectivity index (χ0v) is 9.72. The smallest absolute Gasteiger partial charge is 0.0723 e. The molecule has 1 heterocycles. The molecule has 74 valence electrons. The van der Waals surface area contributed by atoms with Gasteiger partial charge in [0.15, 0.2) is 0 Å². The summed E-state index contributed by atoms with van der Waals surface area (Å²) in [5.41, 5.74) is 2.23. The third kappa shape index (κ3) is 2.02. The average Bonchev–Trinajstić information content (AvgIpc) is 2.63. The Morgan fingerprint density at radius 3 is 2.79 bits per heavy atom. The van der Waals surface area contributed by atoms with Gasteiger partial charge in [0.05, 0.1) is 11.7 Å². The molecule has 2 aromatic rings. The Hall–Kier alpha value is -1.14. The van der Waals surface area contributed by atoms with Crippen molar-refractivity contribution in [3.8, 4) is 0 Å². The molecule has 0 aliphatic rings. The van der Waals surface area contributed by atoms with Crippen molar-refractivity contribution in [1.82, 2.24) is 9.55 Å². The van der Waals surface area contributed by atoms with Crippen LogP contribution >= 0.6 is 9.39 Å². The molecule has 0 N–H and O–H groups in total. The highest BCUT2D eigenvalue weighted by atomic mass is 31.0. The molecule has 0 aliphatic heterocycles. The summed E-state index contributed by atoms with van der Waals surface area (Å²) in [6.07, 6.45) is 3.67. The highest BCUT2D eigenvalue weighted by Gasteiger charge is 1.97. The first-order valence-electron chi connectivity index (χ1n) is 4.66. The van der Waals surface area contributed by atoms with Crippen LogP contribution in [0.4, 0.5) is 0 Å². The van der Waals surface area contributed by atoms with Crippen LogP contribution in [0.5, 0.6) is 0 Å². The molecule has 1 unspecified atom stereocenters. The first kappa shape index (κ1) is 10.9. The molecule has 0 saturated heterocycles. The fourth-order valence-corrected chi connectivity index (χ4v) is 1.47. The van der Waals surface area contributed by atoms with Gasteiger partial charge in [0.25, 0.3) is 0 Å². The maximum atomic E-state index is 4.12. The molecule has 0 aliphatic carbocycles. The number of hydrogen-bond acceptors (Lipinski definition) is 1. The van der Waals surface area contributed by atoms with Gasteiger partial charge >= 0.3 is 0 Å². The van der Waals surface area contributed by atoms with Crippen LogP contribution < -0.4 is 0 Å². The van der Waals surface area contributed by atoms with Crippen LogP contribution in [0.1, 0.15) is 19.4 Å². The maximum Gasteiger partial charge on any atom is 0.0723 e. The highest BCUT2D eigenvalue weighted by molar-refractivity contribution is 7.14. The van der Waals surface area contributed by atoms with Gasteiger partial charge in [-0.2, -0.15) is 5.10 Å². The quantitative estimate of drug-likeness (QED) is 0.654. The van der Waals surface area contributed by atoms with Crippen LogP contribution in [-0.4, -0.2) is 9.55 Å². The molecule has 0 radical (unpaired) electrons. The molecule has 14 heavy (non-hydrogen) atoms. The van der Waals surface area contributed by atoms with Gasteiger partial charge in [-0.05, 0) is 21.0 Å². The second-order valence-corrected chi connectivity index (χ2v) is 3.10. The summed E-state index contributed by atoms with van der Waals surface area (Å²) in [6, 6.07) is 6.13. The Labute approximate surface area is 86.9 Å². The predicted molar refractivity (Wildman–Crippen MR) is 66.3 cm³/mol. The van der Waals surface area contributed by atoms with E-state index < -0.39 is 0 Å². The lowest BCUT2D eigenvalue weighted by molar-refractivity contribution is 1.04. The van der Waals surface area contributed by atoms with E-state index in [0.29, 0.717) is 0 Å². The first-order chi connectivity index (χ1) is 6.81. The number of fused-ring (bicyclic) bond motifs is 1. The topological polar surface area (TPSA) is 17.8 Å². The Morgan fingerprint density at radius 2 is 2.14 bits per heavy atom. The van der Waals surface area contributed by atoms with Gasteiger partial charge < -0.3 is 0 Å². The normalized spacial score (nSPS) is 9.36. The van der Waals surface area contributed by atoms with E-state index in [-0.39, 0.29) is 0 Å². The summed E-state index contributed by atoms with van der Waals surface area (Å²) >= 11 is 0. The van der Waals surface area contributed by atoms with E-state index in [0.717, 1.165) is 16.5 Å². The monoisotopic (exact) mass is 206 g/mol. The van der Waals surface area contributed by atoms with Crippen molar-refractivity contribution < 1.29 is 0 Å². The van der Waals surface area contributed by atoms with Crippen LogP contribution in [0.2, 0.25) is 0 Å². The SMILES string of the molecule is C=Cc1ccc2cnn(P)c2c1.CC. The highest BCUT2D eigenvalue weighted by Crippen LogP contribution is 2.17. The van der Waals surface area contributed by atoms with Gasteiger partial charge in [-0.15, -0.1) is 0 Å². The van der Waals surface area contributed by atoms with E-state index in [1.54, 1.807) is 4.45 Å². The lowest BCUT2D eigenvalue weighted by atomic mass is 10.2. The Bertz CT molecular complexity index is 432. The molecule has 1 aromatic heterocycles. The van der Waals surface area contributed by atoms with Gasteiger partial charge in [0.1, 0.15) is 0 Å². The molecule has 0 spiro atoms. The van der Waals surface area contributed by atoms with Crippen molar-refractivity contribution in [2.75, 3.05) is 0 Å². The molecule has 0 bridgehead atoms. The minimum Gasteiger partial charge on any atom is -0.251 e. The van der Waals surface area contributed by atoms with E-state index >= 15 is 0 Å². The van der Waals surface area contributed by atoms with Crippen molar-refractivity contribution in [1.29, 1.82) is 0 Å². The molecule has 1 atom stereocenters. The number of benzene rings is 1. The lowest BCUT2D eigenvalue weighted by Gasteiger charge is -1.95. The molecule has 2 nitrogen and oxygen atoms in total. The minimum atomic E-state index is 1.11. The van der Waals surface area contributed by atoms with Gasteiger partial charge in [0.2, 0.25) is 0 Å². The van der Waals surface area contributed by atoms with Crippen LogP contribution in [-0.2, 0) is 0 Å². The van der Waals surface area contributed by atoms with Crippen molar-refractivity contribution in [2.24, 2.45) is 0 Å². The largest absolute Gasteiger partial charge is 0.251 e. The summed E-state index contributed by atoms with van der Waals surface area (Å²) in [7, 11) is 2.54. The summed E-state index contributed by atoms with van der Waals surface area (Å²) in [5, 5.41) is 5.27. The van der Waals surface area contributed by atoms with Gasteiger partial charge in [-0.25, -0.2) is 0 Å². The van der Waals surface area contributed by atoms with Gasteiger partial charge in [0, 0.05) is 5.39 Å². The van der Waals surface area contributed by atoms with Crippen molar-refractivity contribution >= 4 is 26.4 Å². The summed E-state index contributed by atoms with van der Waals surface area (Å²) in [5.74, 6) is 0.